The molecule has 0 radical (unpaired) electrons. The highest BCUT2D eigenvalue weighted by molar-refractivity contribution is 5.84. The Hall–Kier alpha value is -2.86. The Balaban J connectivity index is 2.23. The average Bonchev–Trinajstić information content (AvgIpc) is 2.86. The summed E-state index contributed by atoms with van der Waals surface area (Å²) < 4.78 is 5.78. The number of hydrogen-bond donors (Lipinski definition) is 3. The number of hydrogen-bond acceptors (Lipinski definition) is 4. The highest BCUT2D eigenvalue weighted by atomic mass is 16.5. The van der Waals surface area contributed by atoms with E-state index in [1.54, 1.807) is 13.8 Å². The molecule has 0 aliphatic carbocycles. The number of carboxylic acid groups (broad SMARTS) is 1. The number of aliphatic hydroxyl groups excluding tert-OH is 1. The van der Waals surface area contributed by atoms with Crippen LogP contribution in [0.2, 0.25) is 0 Å². The summed E-state index contributed by atoms with van der Waals surface area (Å²) in [5, 5.41) is 22.3. The molecule has 0 aliphatic rings. The van der Waals surface area contributed by atoms with Crippen molar-refractivity contribution in [2.75, 3.05) is 6.61 Å². The van der Waals surface area contributed by atoms with Crippen LogP contribution in [0.25, 0.3) is 0 Å². The van der Waals surface area contributed by atoms with Crippen molar-refractivity contribution in [1.82, 2.24) is 5.32 Å². The highest BCUT2D eigenvalue weighted by Crippen LogP contribution is 2.41. The molecule has 0 saturated heterocycles. The quantitative estimate of drug-likeness (QED) is 0.276. The summed E-state index contributed by atoms with van der Waals surface area (Å²) in [6.45, 7) is 18.0. The van der Waals surface area contributed by atoms with Gasteiger partial charge in [0.15, 0.2) is 6.61 Å². The second kappa shape index (κ2) is 13.5. The second-order valence-electron chi connectivity index (χ2n) is 12.2. The summed E-state index contributed by atoms with van der Waals surface area (Å²) in [7, 11) is 0. The minimum Gasteiger partial charge on any atom is -0.484 e. The Labute approximate surface area is 235 Å². The zero-order valence-corrected chi connectivity index (χ0v) is 25.4. The van der Waals surface area contributed by atoms with E-state index in [0.29, 0.717) is 5.75 Å². The van der Waals surface area contributed by atoms with E-state index in [9.17, 15) is 19.8 Å². The van der Waals surface area contributed by atoms with Gasteiger partial charge in [-0.25, -0.2) is 4.79 Å². The Bertz CT molecular complexity index is 1130. The lowest BCUT2D eigenvalue weighted by atomic mass is 9.69. The normalized spacial score (nSPS) is 13.7. The first kappa shape index (κ1) is 32.4. The maximum atomic E-state index is 12.3. The molecular weight excluding hydrogens is 490 g/mol. The molecule has 2 aromatic carbocycles. The lowest BCUT2D eigenvalue weighted by molar-refractivity contribution is -0.143. The maximum absolute atomic E-state index is 12.3. The van der Waals surface area contributed by atoms with E-state index < -0.39 is 17.9 Å². The molecule has 2 rings (SSSR count). The van der Waals surface area contributed by atoms with E-state index in [4.69, 9.17) is 4.74 Å². The number of amides is 1. The SMILES string of the molecule is CCC(CC)(c1ccc(CCC(O)C(C)(C)C)c(C)c1)c1ccc(OCC(=O)N[C@@H](C(=O)O)C(C)C)c(C)c1. The van der Waals surface area contributed by atoms with Crippen LogP contribution in [-0.4, -0.2) is 40.8 Å². The molecule has 0 heterocycles. The number of aliphatic hydroxyl groups is 1. The van der Waals surface area contributed by atoms with Crippen molar-refractivity contribution in [1.29, 1.82) is 0 Å². The van der Waals surface area contributed by atoms with Gasteiger partial charge in [-0.15, -0.1) is 0 Å². The van der Waals surface area contributed by atoms with Crippen LogP contribution in [-0.2, 0) is 21.4 Å². The van der Waals surface area contributed by atoms with Gasteiger partial charge in [0.05, 0.1) is 6.10 Å². The van der Waals surface area contributed by atoms with Gasteiger partial charge in [-0.05, 0) is 84.7 Å². The van der Waals surface area contributed by atoms with Crippen molar-refractivity contribution < 1.29 is 24.5 Å². The van der Waals surface area contributed by atoms with Crippen LogP contribution >= 0.6 is 0 Å². The molecule has 0 spiro atoms. The third-order valence-corrected chi connectivity index (χ3v) is 8.12. The molecule has 2 aromatic rings. The largest absolute Gasteiger partial charge is 0.484 e. The zero-order valence-electron chi connectivity index (χ0n) is 25.4. The number of nitrogens with one attached hydrogen (secondary N) is 1. The van der Waals surface area contributed by atoms with Gasteiger partial charge in [-0.1, -0.05) is 78.8 Å². The van der Waals surface area contributed by atoms with Crippen molar-refractivity contribution in [2.24, 2.45) is 11.3 Å². The lowest BCUT2D eigenvalue weighted by Crippen LogP contribution is -2.46. The number of carbonyl (C=O) groups is 2. The zero-order chi connectivity index (χ0) is 29.5. The van der Waals surface area contributed by atoms with Crippen LogP contribution in [0.5, 0.6) is 5.75 Å². The van der Waals surface area contributed by atoms with E-state index in [1.807, 2.05) is 13.0 Å². The van der Waals surface area contributed by atoms with Crippen molar-refractivity contribution in [3.8, 4) is 5.75 Å². The minimum absolute atomic E-state index is 0.125. The topological polar surface area (TPSA) is 95.9 Å². The number of rotatable bonds is 13. The van der Waals surface area contributed by atoms with E-state index in [1.165, 1.54) is 22.3 Å². The van der Waals surface area contributed by atoms with Gasteiger partial charge in [0.25, 0.3) is 5.91 Å². The molecular formula is C33H49NO5. The predicted octanol–water partition coefficient (Wildman–Crippen LogP) is 6.35. The molecule has 2 atom stereocenters. The van der Waals surface area contributed by atoms with Gasteiger partial charge in [0.1, 0.15) is 11.8 Å². The van der Waals surface area contributed by atoms with Gasteiger partial charge in [0.2, 0.25) is 0 Å². The first-order valence-corrected chi connectivity index (χ1v) is 14.2. The van der Waals surface area contributed by atoms with E-state index >= 15 is 0 Å². The monoisotopic (exact) mass is 539 g/mol. The van der Waals surface area contributed by atoms with Gasteiger partial charge < -0.3 is 20.3 Å². The molecule has 39 heavy (non-hydrogen) atoms. The van der Waals surface area contributed by atoms with Crippen molar-refractivity contribution in [3.05, 3.63) is 64.2 Å². The maximum Gasteiger partial charge on any atom is 0.326 e. The fourth-order valence-corrected chi connectivity index (χ4v) is 5.21. The summed E-state index contributed by atoms with van der Waals surface area (Å²) in [5.74, 6) is -1.13. The third kappa shape index (κ3) is 8.07. The van der Waals surface area contributed by atoms with Crippen molar-refractivity contribution >= 4 is 11.9 Å². The van der Waals surface area contributed by atoms with Crippen molar-refractivity contribution in [3.63, 3.8) is 0 Å². The number of carboxylic acids is 1. The van der Waals surface area contributed by atoms with Gasteiger partial charge in [-0.2, -0.15) is 0 Å². The molecule has 0 saturated carbocycles. The summed E-state index contributed by atoms with van der Waals surface area (Å²) in [5.41, 5.74) is 5.61. The minimum atomic E-state index is -1.06. The second-order valence-corrected chi connectivity index (χ2v) is 12.2. The van der Waals surface area contributed by atoms with Crippen molar-refractivity contribution in [2.45, 2.75) is 106 Å². The average molecular weight is 540 g/mol. The molecule has 1 unspecified atom stereocenters. The third-order valence-electron chi connectivity index (χ3n) is 8.12. The smallest absolute Gasteiger partial charge is 0.326 e. The standard InChI is InChI=1S/C33H49NO5/c1-10-33(11-2,25-14-12-24(22(5)18-25)13-17-28(35)32(7,8)9)26-15-16-27(23(6)19-26)39-20-29(36)34-30(21(3)4)31(37)38/h12,14-16,18-19,21,28,30,35H,10-11,13,17,20H2,1-9H3,(H,34,36)(H,37,38)/t28?,30-/m1/s1. The Morgan fingerprint density at radius 2 is 1.51 bits per heavy atom. The molecule has 0 fully saturated rings. The number of benzene rings is 2. The van der Waals surface area contributed by atoms with E-state index in [2.05, 4.69) is 77.2 Å². The fourth-order valence-electron chi connectivity index (χ4n) is 5.21. The Morgan fingerprint density at radius 3 is 1.97 bits per heavy atom. The van der Waals surface area contributed by atoms with Crippen LogP contribution in [0.15, 0.2) is 36.4 Å². The van der Waals surface area contributed by atoms with Crippen LogP contribution < -0.4 is 10.1 Å². The molecule has 0 bridgehead atoms. The Morgan fingerprint density at radius 1 is 0.949 bits per heavy atom. The molecule has 0 aromatic heterocycles. The van der Waals surface area contributed by atoms with Gasteiger partial charge in [-0.3, -0.25) is 4.79 Å². The summed E-state index contributed by atoms with van der Waals surface area (Å²) >= 11 is 0. The van der Waals surface area contributed by atoms with E-state index in [-0.39, 0.29) is 29.5 Å². The van der Waals surface area contributed by atoms with Crippen LogP contribution in [0.3, 0.4) is 0 Å². The molecule has 216 valence electrons. The van der Waals surface area contributed by atoms with E-state index in [0.717, 1.165) is 31.2 Å². The summed E-state index contributed by atoms with van der Waals surface area (Å²) in [6.07, 6.45) is 3.10. The first-order valence-electron chi connectivity index (χ1n) is 14.2. The number of ether oxygens (including phenoxy) is 1. The molecule has 6 nitrogen and oxygen atoms in total. The fraction of sp³-hybridized carbons (Fsp3) is 0.576. The molecule has 1 amide bonds. The van der Waals surface area contributed by atoms with Gasteiger partial charge in [0, 0.05) is 5.41 Å². The number of aliphatic carboxylic acids is 1. The summed E-state index contributed by atoms with van der Waals surface area (Å²) in [6, 6.07) is 11.9. The van der Waals surface area contributed by atoms with Crippen LogP contribution in [0.4, 0.5) is 0 Å². The van der Waals surface area contributed by atoms with Crippen LogP contribution in [0, 0.1) is 25.2 Å². The summed E-state index contributed by atoms with van der Waals surface area (Å²) in [4.78, 5) is 23.7. The highest BCUT2D eigenvalue weighted by Gasteiger charge is 2.32. The Kier molecular flexibility index (Phi) is 11.2. The first-order chi connectivity index (χ1) is 18.2. The van der Waals surface area contributed by atoms with Crippen LogP contribution in [0.1, 0.15) is 95.5 Å². The lowest BCUT2D eigenvalue weighted by Gasteiger charge is -2.34. The number of carbonyl (C=O) groups excluding carboxylic acids is 1. The van der Waals surface area contributed by atoms with Gasteiger partial charge >= 0.3 is 5.97 Å². The number of aryl methyl sites for hydroxylation is 3. The molecule has 0 aliphatic heterocycles. The molecule has 3 N–H and O–H groups in total. The molecule has 6 heteroatoms. The predicted molar refractivity (Wildman–Crippen MR) is 157 cm³/mol.